The summed E-state index contributed by atoms with van der Waals surface area (Å²) in [6.45, 7) is 2.32. The molecule has 128 valence electrons. The molecule has 0 aliphatic heterocycles. The first-order chi connectivity index (χ1) is 10.8. The van der Waals surface area contributed by atoms with Crippen molar-refractivity contribution in [2.24, 2.45) is 0 Å². The van der Waals surface area contributed by atoms with Gasteiger partial charge in [-0.15, -0.1) is 0 Å². The first kappa shape index (κ1) is 18.6. The van der Waals surface area contributed by atoms with Gasteiger partial charge in [0, 0.05) is 5.69 Å². The number of para-hydroxylation sites is 1. The van der Waals surface area contributed by atoms with E-state index in [2.05, 4.69) is 9.47 Å². The van der Waals surface area contributed by atoms with Gasteiger partial charge in [-0.25, -0.2) is 9.59 Å². The summed E-state index contributed by atoms with van der Waals surface area (Å²) in [7, 11) is 0. The Morgan fingerprint density at radius 3 is 2.09 bits per heavy atom. The zero-order chi connectivity index (χ0) is 17.5. The Morgan fingerprint density at radius 2 is 1.61 bits per heavy atom. The number of anilines is 1. The molecule has 0 aliphatic rings. The van der Waals surface area contributed by atoms with E-state index in [1.165, 1.54) is 43.4 Å². The molecule has 0 heterocycles. The molecule has 1 atom stereocenters. The predicted octanol–water partition coefficient (Wildman–Crippen LogP) is 2.67. The molecule has 0 aromatic heterocycles. The van der Waals surface area contributed by atoms with Crippen LogP contribution >= 0.6 is 0 Å². The molecule has 1 amide bonds. The topological polar surface area (TPSA) is 76.7 Å². The SMILES string of the molecule is CCOC(=O)N[C@](Nc1ccccc1)(C(=O)OCC)C(F)(F)F. The lowest BCUT2D eigenvalue weighted by molar-refractivity contribution is -0.205. The standard InChI is InChI=1S/C14H17F3N2O4/c1-3-22-11(20)13(14(15,16)17,19-12(21)23-4-2)18-10-8-6-5-7-9-10/h5-9,18H,3-4H2,1-2H3,(H,19,21)/t13-/m1/s1. The Morgan fingerprint density at radius 1 is 1.04 bits per heavy atom. The van der Waals surface area contributed by atoms with Crippen molar-refractivity contribution in [1.29, 1.82) is 0 Å². The number of hydrogen-bond acceptors (Lipinski definition) is 5. The number of rotatable bonds is 6. The van der Waals surface area contributed by atoms with Crippen LogP contribution in [-0.2, 0) is 14.3 Å². The van der Waals surface area contributed by atoms with E-state index in [1.807, 2.05) is 5.32 Å². The van der Waals surface area contributed by atoms with Gasteiger partial charge in [-0.3, -0.25) is 5.32 Å². The molecule has 0 bridgehead atoms. The van der Waals surface area contributed by atoms with Crippen LogP contribution < -0.4 is 10.6 Å². The summed E-state index contributed by atoms with van der Waals surface area (Å²) in [5.41, 5.74) is -3.49. The maximum Gasteiger partial charge on any atom is 0.442 e. The molecular formula is C14H17F3N2O4. The van der Waals surface area contributed by atoms with E-state index >= 15 is 0 Å². The number of hydrogen-bond donors (Lipinski definition) is 2. The highest BCUT2D eigenvalue weighted by molar-refractivity contribution is 5.89. The molecule has 9 heteroatoms. The lowest BCUT2D eigenvalue weighted by Crippen LogP contribution is -2.69. The van der Waals surface area contributed by atoms with Gasteiger partial charge in [0.15, 0.2) is 0 Å². The van der Waals surface area contributed by atoms with Crippen molar-refractivity contribution in [3.8, 4) is 0 Å². The molecule has 0 saturated heterocycles. The van der Waals surface area contributed by atoms with E-state index in [1.54, 1.807) is 6.07 Å². The smallest absolute Gasteiger partial charge is 0.442 e. The quantitative estimate of drug-likeness (QED) is 0.618. The highest BCUT2D eigenvalue weighted by Gasteiger charge is 2.64. The summed E-state index contributed by atoms with van der Waals surface area (Å²) in [4.78, 5) is 23.5. The highest BCUT2D eigenvalue weighted by atomic mass is 19.4. The second-order valence-corrected chi connectivity index (χ2v) is 4.30. The Kier molecular flexibility index (Phi) is 6.23. The molecule has 0 saturated carbocycles. The first-order valence-corrected chi connectivity index (χ1v) is 6.79. The highest BCUT2D eigenvalue weighted by Crippen LogP contribution is 2.33. The number of esters is 1. The van der Waals surface area contributed by atoms with Crippen LogP contribution in [0.3, 0.4) is 0 Å². The number of carbonyl (C=O) groups excluding carboxylic acids is 2. The summed E-state index contributed by atoms with van der Waals surface area (Å²) in [5, 5.41) is 3.53. The van der Waals surface area contributed by atoms with Crippen LogP contribution in [0.4, 0.5) is 23.7 Å². The minimum atomic E-state index is -5.18. The minimum absolute atomic E-state index is 0.0327. The van der Waals surface area contributed by atoms with Crippen LogP contribution in [0.5, 0.6) is 0 Å². The Labute approximate surface area is 130 Å². The lowest BCUT2D eigenvalue weighted by Gasteiger charge is -2.34. The monoisotopic (exact) mass is 334 g/mol. The van der Waals surface area contributed by atoms with Crippen molar-refractivity contribution >= 4 is 17.7 Å². The Bertz CT molecular complexity index is 537. The van der Waals surface area contributed by atoms with Crippen LogP contribution in [0.25, 0.3) is 0 Å². The molecular weight excluding hydrogens is 317 g/mol. The zero-order valence-corrected chi connectivity index (χ0v) is 12.6. The largest absolute Gasteiger partial charge is 0.463 e. The van der Waals surface area contributed by atoms with Crippen molar-refractivity contribution in [3.05, 3.63) is 30.3 Å². The van der Waals surface area contributed by atoms with E-state index in [4.69, 9.17) is 0 Å². The maximum absolute atomic E-state index is 13.6. The average molecular weight is 334 g/mol. The fraction of sp³-hybridized carbons (Fsp3) is 0.429. The first-order valence-electron chi connectivity index (χ1n) is 6.79. The molecule has 1 rings (SSSR count). The van der Waals surface area contributed by atoms with E-state index in [9.17, 15) is 22.8 Å². The van der Waals surface area contributed by atoms with Crippen molar-refractivity contribution in [2.75, 3.05) is 18.5 Å². The normalized spacial score (nSPS) is 13.6. The van der Waals surface area contributed by atoms with Gasteiger partial charge in [-0.1, -0.05) is 18.2 Å². The molecule has 0 unspecified atom stereocenters. The molecule has 1 aromatic rings. The number of amides is 1. The van der Waals surface area contributed by atoms with Crippen LogP contribution in [0.1, 0.15) is 13.8 Å². The zero-order valence-electron chi connectivity index (χ0n) is 12.6. The molecule has 0 fully saturated rings. The number of alkyl halides is 3. The molecule has 0 aliphatic carbocycles. The van der Waals surface area contributed by atoms with E-state index in [-0.39, 0.29) is 18.9 Å². The minimum Gasteiger partial charge on any atom is -0.463 e. The molecule has 0 spiro atoms. The predicted molar refractivity (Wildman–Crippen MR) is 75.6 cm³/mol. The fourth-order valence-corrected chi connectivity index (χ4v) is 1.69. The number of benzene rings is 1. The van der Waals surface area contributed by atoms with Gasteiger partial charge in [0.05, 0.1) is 13.2 Å². The lowest BCUT2D eigenvalue weighted by atomic mass is 10.1. The molecule has 6 nitrogen and oxygen atoms in total. The molecule has 0 radical (unpaired) electrons. The Hall–Kier alpha value is -2.45. The fourth-order valence-electron chi connectivity index (χ4n) is 1.69. The van der Waals surface area contributed by atoms with E-state index in [0.29, 0.717) is 0 Å². The summed E-state index contributed by atoms with van der Waals surface area (Å²) in [6, 6.07) is 7.15. The number of halogens is 3. The Balaban J connectivity index is 3.28. The average Bonchev–Trinajstić information content (AvgIpc) is 2.46. The van der Waals surface area contributed by atoms with Crippen LogP contribution in [0.2, 0.25) is 0 Å². The number of nitrogens with one attached hydrogen (secondary N) is 2. The van der Waals surface area contributed by atoms with Crippen LogP contribution in [0, 0.1) is 0 Å². The van der Waals surface area contributed by atoms with Gasteiger partial charge in [-0.05, 0) is 26.0 Å². The van der Waals surface area contributed by atoms with E-state index < -0.39 is 23.9 Å². The van der Waals surface area contributed by atoms with Crippen LogP contribution in [-0.4, -0.2) is 37.1 Å². The van der Waals surface area contributed by atoms with Crippen molar-refractivity contribution < 1.29 is 32.2 Å². The molecule has 1 aromatic carbocycles. The van der Waals surface area contributed by atoms with Gasteiger partial charge in [0.1, 0.15) is 0 Å². The van der Waals surface area contributed by atoms with E-state index in [0.717, 1.165) is 0 Å². The van der Waals surface area contributed by atoms with Gasteiger partial charge >= 0.3 is 23.9 Å². The van der Waals surface area contributed by atoms with Gasteiger partial charge in [-0.2, -0.15) is 13.2 Å². The third-order valence-electron chi connectivity index (χ3n) is 2.68. The number of alkyl carbamates (subject to hydrolysis) is 1. The summed E-state index contributed by atoms with van der Waals surface area (Å²) >= 11 is 0. The van der Waals surface area contributed by atoms with Crippen molar-refractivity contribution in [3.63, 3.8) is 0 Å². The second kappa shape index (κ2) is 7.70. The number of carbonyl (C=O) groups is 2. The summed E-state index contributed by atoms with van der Waals surface area (Å²) in [6.07, 6.45) is -6.58. The second-order valence-electron chi connectivity index (χ2n) is 4.30. The number of ether oxygens (including phenoxy) is 2. The van der Waals surface area contributed by atoms with Crippen molar-refractivity contribution in [2.45, 2.75) is 25.7 Å². The third-order valence-corrected chi connectivity index (χ3v) is 2.68. The molecule has 23 heavy (non-hydrogen) atoms. The van der Waals surface area contributed by atoms with Crippen LogP contribution in [0.15, 0.2) is 30.3 Å². The van der Waals surface area contributed by atoms with Gasteiger partial charge < -0.3 is 14.8 Å². The van der Waals surface area contributed by atoms with Crippen molar-refractivity contribution in [1.82, 2.24) is 5.32 Å². The van der Waals surface area contributed by atoms with Gasteiger partial charge in [0.25, 0.3) is 0 Å². The summed E-state index contributed by atoms with van der Waals surface area (Å²) in [5.74, 6) is -1.69. The molecule has 2 N–H and O–H groups in total. The maximum atomic E-state index is 13.6. The van der Waals surface area contributed by atoms with Gasteiger partial charge in [0.2, 0.25) is 0 Å². The summed E-state index contributed by atoms with van der Waals surface area (Å²) < 4.78 is 49.8. The third kappa shape index (κ3) is 4.51.